The molecule has 0 fully saturated rings. The fourth-order valence-corrected chi connectivity index (χ4v) is 1.22. The van der Waals surface area contributed by atoms with E-state index in [1.807, 2.05) is 27.7 Å². The highest BCUT2D eigenvalue weighted by molar-refractivity contribution is 5.96. The van der Waals surface area contributed by atoms with E-state index in [1.165, 1.54) is 0 Å². The van der Waals surface area contributed by atoms with Crippen molar-refractivity contribution in [2.75, 3.05) is 0 Å². The van der Waals surface area contributed by atoms with Gasteiger partial charge in [-0.2, -0.15) is 5.10 Å². The summed E-state index contributed by atoms with van der Waals surface area (Å²) in [6.45, 7) is 7.53. The molecule has 4 nitrogen and oxygen atoms in total. The van der Waals surface area contributed by atoms with Gasteiger partial charge in [0.1, 0.15) is 0 Å². The number of aromatic nitrogens is 2. The van der Waals surface area contributed by atoms with Crippen LogP contribution in [0.2, 0.25) is 0 Å². The van der Waals surface area contributed by atoms with Crippen LogP contribution < -0.4 is 5.32 Å². The molecular formula is C9H15N3O. The Kier molecular flexibility index (Phi) is 2.70. The highest BCUT2D eigenvalue weighted by atomic mass is 16.1. The Labute approximate surface area is 77.7 Å². The van der Waals surface area contributed by atoms with Crippen LogP contribution in [0, 0.1) is 13.8 Å². The second kappa shape index (κ2) is 3.60. The smallest absolute Gasteiger partial charge is 0.255 e. The van der Waals surface area contributed by atoms with Gasteiger partial charge in [0.25, 0.3) is 5.91 Å². The number of aromatic amines is 1. The molecule has 4 heteroatoms. The predicted octanol–water partition coefficient (Wildman–Crippen LogP) is 1.16. The first-order chi connectivity index (χ1) is 6.02. The largest absolute Gasteiger partial charge is 0.350 e. The first kappa shape index (κ1) is 9.77. The van der Waals surface area contributed by atoms with Crippen LogP contribution in [-0.4, -0.2) is 22.1 Å². The van der Waals surface area contributed by atoms with Crippen molar-refractivity contribution in [2.24, 2.45) is 0 Å². The van der Waals surface area contributed by atoms with E-state index < -0.39 is 0 Å². The molecule has 0 saturated carbocycles. The van der Waals surface area contributed by atoms with Gasteiger partial charge in [-0.05, 0) is 27.7 Å². The maximum atomic E-state index is 11.6. The molecule has 0 spiro atoms. The van der Waals surface area contributed by atoms with Crippen molar-refractivity contribution in [3.63, 3.8) is 0 Å². The summed E-state index contributed by atoms with van der Waals surface area (Å²) in [4.78, 5) is 11.6. The van der Waals surface area contributed by atoms with E-state index >= 15 is 0 Å². The molecule has 1 rings (SSSR count). The van der Waals surface area contributed by atoms with Crippen LogP contribution in [-0.2, 0) is 0 Å². The Morgan fingerprint density at radius 2 is 2.08 bits per heavy atom. The Morgan fingerprint density at radius 3 is 2.46 bits per heavy atom. The molecule has 0 aliphatic carbocycles. The van der Waals surface area contributed by atoms with Crippen molar-refractivity contribution in [1.29, 1.82) is 0 Å². The quantitative estimate of drug-likeness (QED) is 0.719. The zero-order valence-corrected chi connectivity index (χ0v) is 8.43. The van der Waals surface area contributed by atoms with Crippen molar-refractivity contribution < 1.29 is 4.79 Å². The lowest BCUT2D eigenvalue weighted by molar-refractivity contribution is 0.0942. The molecule has 0 atom stereocenters. The number of carbonyl (C=O) groups is 1. The topological polar surface area (TPSA) is 57.8 Å². The molecule has 0 unspecified atom stereocenters. The Morgan fingerprint density at radius 1 is 1.46 bits per heavy atom. The maximum Gasteiger partial charge on any atom is 0.255 e. The van der Waals surface area contributed by atoms with Crippen LogP contribution in [0.4, 0.5) is 0 Å². The van der Waals surface area contributed by atoms with Gasteiger partial charge in [-0.3, -0.25) is 9.89 Å². The van der Waals surface area contributed by atoms with Crippen LogP contribution in [0.15, 0.2) is 0 Å². The minimum atomic E-state index is -0.0567. The standard InChI is InChI=1S/C9H15N3O/c1-5(2)10-9(13)8-6(3)11-12-7(8)4/h5H,1-4H3,(H,10,13)(H,11,12). The number of nitrogens with zero attached hydrogens (tertiary/aromatic N) is 1. The molecule has 0 saturated heterocycles. The number of hydrogen-bond acceptors (Lipinski definition) is 2. The fourth-order valence-electron chi connectivity index (χ4n) is 1.22. The van der Waals surface area contributed by atoms with Crippen LogP contribution in [0.1, 0.15) is 35.6 Å². The maximum absolute atomic E-state index is 11.6. The highest BCUT2D eigenvalue weighted by Gasteiger charge is 2.15. The first-order valence-electron chi connectivity index (χ1n) is 4.34. The summed E-state index contributed by atoms with van der Waals surface area (Å²) in [5.41, 5.74) is 2.22. The molecule has 2 N–H and O–H groups in total. The van der Waals surface area contributed by atoms with Gasteiger partial charge in [0.2, 0.25) is 0 Å². The molecule has 1 aromatic heterocycles. The summed E-state index contributed by atoms with van der Waals surface area (Å²) in [6.07, 6.45) is 0. The number of hydrogen-bond donors (Lipinski definition) is 2. The number of carbonyl (C=O) groups excluding carboxylic acids is 1. The molecule has 1 aromatic rings. The van der Waals surface area contributed by atoms with E-state index in [1.54, 1.807) is 0 Å². The molecule has 1 amide bonds. The molecule has 0 bridgehead atoms. The van der Waals surface area contributed by atoms with E-state index in [0.29, 0.717) is 5.56 Å². The average Bonchev–Trinajstić information content (AvgIpc) is 2.29. The molecular weight excluding hydrogens is 166 g/mol. The van der Waals surface area contributed by atoms with Gasteiger partial charge >= 0.3 is 0 Å². The summed E-state index contributed by atoms with van der Waals surface area (Å²) in [6, 6.07) is 0.154. The van der Waals surface area contributed by atoms with Crippen molar-refractivity contribution >= 4 is 5.91 Å². The summed E-state index contributed by atoms with van der Waals surface area (Å²) in [7, 11) is 0. The Bertz CT molecular complexity index is 295. The summed E-state index contributed by atoms with van der Waals surface area (Å²) in [5, 5.41) is 9.57. The van der Waals surface area contributed by atoms with Gasteiger partial charge in [0.15, 0.2) is 0 Å². The lowest BCUT2D eigenvalue weighted by Crippen LogP contribution is -2.30. The van der Waals surface area contributed by atoms with Gasteiger partial charge < -0.3 is 5.32 Å². The number of nitrogens with one attached hydrogen (secondary N) is 2. The fraction of sp³-hybridized carbons (Fsp3) is 0.556. The minimum absolute atomic E-state index is 0.0567. The van der Waals surface area contributed by atoms with Gasteiger partial charge in [-0.1, -0.05) is 0 Å². The van der Waals surface area contributed by atoms with E-state index in [2.05, 4.69) is 15.5 Å². The summed E-state index contributed by atoms with van der Waals surface area (Å²) >= 11 is 0. The second-order valence-corrected chi connectivity index (χ2v) is 3.44. The van der Waals surface area contributed by atoms with Gasteiger partial charge in [0, 0.05) is 11.7 Å². The zero-order chi connectivity index (χ0) is 10.0. The normalized spacial score (nSPS) is 10.5. The predicted molar refractivity (Wildman–Crippen MR) is 50.7 cm³/mol. The molecule has 13 heavy (non-hydrogen) atoms. The zero-order valence-electron chi connectivity index (χ0n) is 8.43. The molecule has 0 aliphatic heterocycles. The average molecular weight is 181 g/mol. The monoisotopic (exact) mass is 181 g/mol. The number of H-pyrrole nitrogens is 1. The SMILES string of the molecule is Cc1n[nH]c(C)c1C(=O)NC(C)C. The number of rotatable bonds is 2. The number of amides is 1. The van der Waals surface area contributed by atoms with E-state index in [0.717, 1.165) is 11.4 Å². The third-order valence-corrected chi connectivity index (χ3v) is 1.77. The van der Waals surface area contributed by atoms with Crippen molar-refractivity contribution in [1.82, 2.24) is 15.5 Å². The third kappa shape index (κ3) is 2.08. The Hall–Kier alpha value is -1.32. The lowest BCUT2D eigenvalue weighted by Gasteiger charge is -2.07. The minimum Gasteiger partial charge on any atom is -0.350 e. The van der Waals surface area contributed by atoms with Crippen LogP contribution in [0.3, 0.4) is 0 Å². The molecule has 0 aliphatic rings. The summed E-state index contributed by atoms with van der Waals surface area (Å²) in [5.74, 6) is -0.0567. The van der Waals surface area contributed by atoms with Gasteiger partial charge in [-0.25, -0.2) is 0 Å². The van der Waals surface area contributed by atoms with Crippen molar-refractivity contribution in [3.8, 4) is 0 Å². The van der Waals surface area contributed by atoms with Gasteiger partial charge in [0.05, 0.1) is 11.3 Å². The molecule has 1 heterocycles. The van der Waals surface area contributed by atoms with Crippen LogP contribution in [0.5, 0.6) is 0 Å². The third-order valence-electron chi connectivity index (χ3n) is 1.77. The van der Waals surface area contributed by atoms with Crippen molar-refractivity contribution in [3.05, 3.63) is 17.0 Å². The van der Waals surface area contributed by atoms with Crippen molar-refractivity contribution in [2.45, 2.75) is 33.7 Å². The molecule has 0 aromatic carbocycles. The van der Waals surface area contributed by atoms with E-state index in [4.69, 9.17) is 0 Å². The number of aryl methyl sites for hydroxylation is 2. The van der Waals surface area contributed by atoms with E-state index in [9.17, 15) is 4.79 Å². The molecule has 72 valence electrons. The molecule has 0 radical (unpaired) electrons. The van der Waals surface area contributed by atoms with Gasteiger partial charge in [-0.15, -0.1) is 0 Å². The second-order valence-electron chi connectivity index (χ2n) is 3.44. The van der Waals surface area contributed by atoms with Crippen LogP contribution >= 0.6 is 0 Å². The Balaban J connectivity index is 2.88. The highest BCUT2D eigenvalue weighted by Crippen LogP contribution is 2.08. The summed E-state index contributed by atoms with van der Waals surface area (Å²) < 4.78 is 0. The first-order valence-corrected chi connectivity index (χ1v) is 4.34. The lowest BCUT2D eigenvalue weighted by atomic mass is 10.2. The van der Waals surface area contributed by atoms with Crippen LogP contribution in [0.25, 0.3) is 0 Å². The van der Waals surface area contributed by atoms with E-state index in [-0.39, 0.29) is 11.9 Å².